The van der Waals surface area contributed by atoms with Crippen molar-refractivity contribution in [2.45, 2.75) is 20.0 Å². The second-order valence-electron chi connectivity index (χ2n) is 15.0. The Bertz CT molecular complexity index is 3260. The molecule has 4 nitrogen and oxygen atoms in total. The number of rotatable bonds is 6. The average Bonchev–Trinajstić information content (AvgIpc) is 3.75. The summed E-state index contributed by atoms with van der Waals surface area (Å²) >= 11 is 0. The van der Waals surface area contributed by atoms with Gasteiger partial charge in [-0.05, 0) is 116 Å². The third kappa shape index (κ3) is 6.00. The lowest BCUT2D eigenvalue weighted by Crippen LogP contribution is -2.09. The molecule has 0 saturated carbocycles. The molecule has 0 saturated heterocycles. The smallest absolute Gasteiger partial charge is 0.310 e. The molecule has 2 heterocycles. The Balaban J connectivity index is 1.31. The molecule has 8 aromatic carbocycles. The molecule has 0 aliphatic rings. The quantitative estimate of drug-likeness (QED) is 0.169. The lowest BCUT2D eigenvalue weighted by Gasteiger charge is -2.25. The number of aromatic nitrogens is 2. The normalized spacial score (nSPS) is 11.8. The van der Waals surface area contributed by atoms with Crippen molar-refractivity contribution in [3.63, 3.8) is 0 Å². The van der Waals surface area contributed by atoms with Crippen LogP contribution in [0, 0.1) is 25.2 Å². The molecule has 0 unspecified atom stereocenters. The van der Waals surface area contributed by atoms with Crippen LogP contribution in [-0.2, 0) is 6.18 Å². The molecule has 0 bridgehead atoms. The maximum Gasteiger partial charge on any atom is 0.416 e. The molecule has 0 aliphatic carbocycles. The van der Waals surface area contributed by atoms with E-state index in [9.17, 15) is 18.4 Å². The highest BCUT2D eigenvalue weighted by Gasteiger charge is 2.32. The van der Waals surface area contributed by atoms with Gasteiger partial charge in [0.25, 0.3) is 0 Å². The van der Waals surface area contributed by atoms with Crippen molar-refractivity contribution in [1.29, 1.82) is 5.26 Å². The van der Waals surface area contributed by atoms with Crippen LogP contribution in [0.1, 0.15) is 22.3 Å². The van der Waals surface area contributed by atoms with Gasteiger partial charge < -0.3 is 14.0 Å². The number of anilines is 3. The van der Waals surface area contributed by atoms with Crippen molar-refractivity contribution in [1.82, 2.24) is 9.13 Å². The molecular formula is C52H35F3N4. The molecule has 7 heteroatoms. The van der Waals surface area contributed by atoms with Gasteiger partial charge in [-0.25, -0.2) is 0 Å². The first kappa shape index (κ1) is 35.8. The summed E-state index contributed by atoms with van der Waals surface area (Å²) in [5.41, 5.74) is 10.0. The molecule has 0 spiro atoms. The molecule has 10 rings (SSSR count). The Hall–Kier alpha value is -7.56. The number of nitrogens with zero attached hydrogens (tertiary/aromatic N) is 4. The van der Waals surface area contributed by atoms with Gasteiger partial charge in [0.1, 0.15) is 0 Å². The van der Waals surface area contributed by atoms with Gasteiger partial charge in [-0.1, -0.05) is 90.5 Å². The maximum atomic E-state index is 14.3. The predicted octanol–water partition coefficient (Wildman–Crippen LogP) is 14.5. The minimum absolute atomic E-state index is 0.265. The van der Waals surface area contributed by atoms with Crippen molar-refractivity contribution in [2.75, 3.05) is 4.90 Å². The molecule has 0 N–H and O–H groups in total. The van der Waals surface area contributed by atoms with Crippen LogP contribution in [0.15, 0.2) is 176 Å². The van der Waals surface area contributed by atoms with E-state index >= 15 is 0 Å². The molecule has 0 aliphatic heterocycles. The van der Waals surface area contributed by atoms with E-state index in [2.05, 4.69) is 112 Å². The summed E-state index contributed by atoms with van der Waals surface area (Å²) in [5, 5.41) is 15.0. The zero-order valence-electron chi connectivity index (χ0n) is 32.2. The van der Waals surface area contributed by atoms with Crippen molar-refractivity contribution in [2.24, 2.45) is 0 Å². The van der Waals surface area contributed by atoms with E-state index < -0.39 is 11.7 Å². The number of fused-ring (bicyclic) bond motifs is 6. The number of hydrogen-bond acceptors (Lipinski definition) is 2. The minimum atomic E-state index is -4.56. The van der Waals surface area contributed by atoms with Gasteiger partial charge in [0.2, 0.25) is 0 Å². The number of benzene rings is 8. The summed E-state index contributed by atoms with van der Waals surface area (Å²) < 4.78 is 47.2. The number of para-hydroxylation sites is 4. The SMILES string of the molecule is Cc1cc(-c2cc(-n3c4ccccc4c4cc(C)ccc43)c(-n3c4ccccc4c4cc(N(c5ccccc5)c5ccccc5)ccc43)cc2C#N)cc(C(F)(F)F)c1. The number of nitriles is 1. The van der Waals surface area contributed by atoms with Crippen LogP contribution in [0.3, 0.4) is 0 Å². The van der Waals surface area contributed by atoms with E-state index in [0.717, 1.165) is 89.7 Å². The van der Waals surface area contributed by atoms with Crippen molar-refractivity contribution in [3.05, 3.63) is 198 Å². The van der Waals surface area contributed by atoms with E-state index in [0.29, 0.717) is 16.7 Å². The molecule has 2 aromatic heterocycles. The van der Waals surface area contributed by atoms with Crippen molar-refractivity contribution in [3.8, 4) is 28.6 Å². The second kappa shape index (κ2) is 13.8. The van der Waals surface area contributed by atoms with Gasteiger partial charge >= 0.3 is 6.18 Å². The Morgan fingerprint density at radius 3 is 1.59 bits per heavy atom. The summed E-state index contributed by atoms with van der Waals surface area (Å²) in [7, 11) is 0. The third-order valence-corrected chi connectivity index (χ3v) is 11.2. The van der Waals surface area contributed by atoms with Crippen LogP contribution in [0.5, 0.6) is 0 Å². The number of alkyl halides is 3. The summed E-state index contributed by atoms with van der Waals surface area (Å²) in [4.78, 5) is 2.23. The highest BCUT2D eigenvalue weighted by atomic mass is 19.4. The zero-order valence-corrected chi connectivity index (χ0v) is 32.2. The van der Waals surface area contributed by atoms with Crippen LogP contribution in [-0.4, -0.2) is 9.13 Å². The third-order valence-electron chi connectivity index (χ3n) is 11.2. The van der Waals surface area contributed by atoms with Gasteiger partial charge in [0, 0.05) is 44.2 Å². The Kier molecular flexibility index (Phi) is 8.39. The monoisotopic (exact) mass is 772 g/mol. The first-order valence-corrected chi connectivity index (χ1v) is 19.4. The van der Waals surface area contributed by atoms with Gasteiger partial charge in [0.05, 0.1) is 50.6 Å². The van der Waals surface area contributed by atoms with Crippen LogP contribution in [0.25, 0.3) is 66.1 Å². The van der Waals surface area contributed by atoms with E-state index in [4.69, 9.17) is 0 Å². The van der Waals surface area contributed by atoms with E-state index in [-0.39, 0.29) is 5.56 Å². The van der Waals surface area contributed by atoms with Gasteiger partial charge in [-0.15, -0.1) is 0 Å². The van der Waals surface area contributed by atoms with E-state index in [1.807, 2.05) is 72.8 Å². The van der Waals surface area contributed by atoms with Gasteiger partial charge in [0.15, 0.2) is 0 Å². The van der Waals surface area contributed by atoms with Gasteiger partial charge in [-0.3, -0.25) is 0 Å². The fourth-order valence-electron chi connectivity index (χ4n) is 8.68. The predicted molar refractivity (Wildman–Crippen MR) is 234 cm³/mol. The van der Waals surface area contributed by atoms with Crippen LogP contribution in [0.4, 0.5) is 30.2 Å². The van der Waals surface area contributed by atoms with Crippen LogP contribution < -0.4 is 4.90 Å². The highest BCUT2D eigenvalue weighted by Crippen LogP contribution is 2.44. The fourth-order valence-corrected chi connectivity index (χ4v) is 8.68. The number of halogens is 3. The standard InChI is InChI=1S/C52H35F3N4/c1-33-21-23-48-44(27-33)41-17-9-11-19-46(41)59(48)51-31-43(35-25-34(2)26-37(28-35)52(53,54)55)36(32-56)29-50(51)58-47-20-12-10-18-42(47)45-30-40(22-24-49(45)58)57(38-13-5-3-6-14-38)39-15-7-4-8-16-39/h3-31H,1-2H3. The average molecular weight is 773 g/mol. The molecule has 10 aromatic rings. The van der Waals surface area contributed by atoms with E-state index in [1.165, 1.54) is 0 Å². The molecule has 0 amide bonds. The van der Waals surface area contributed by atoms with Crippen molar-refractivity contribution >= 4 is 60.7 Å². The fraction of sp³-hybridized carbons (Fsp3) is 0.0577. The number of aryl methyl sites for hydroxylation is 2. The van der Waals surface area contributed by atoms with E-state index in [1.54, 1.807) is 13.0 Å². The van der Waals surface area contributed by atoms with Gasteiger partial charge in [-0.2, -0.15) is 18.4 Å². The molecule has 59 heavy (non-hydrogen) atoms. The van der Waals surface area contributed by atoms with Crippen molar-refractivity contribution < 1.29 is 13.2 Å². The molecule has 0 radical (unpaired) electrons. The molecule has 0 fully saturated rings. The summed E-state index contributed by atoms with van der Waals surface area (Å²) in [6.45, 7) is 3.72. The summed E-state index contributed by atoms with van der Waals surface area (Å²) in [6.07, 6.45) is -4.56. The first-order chi connectivity index (χ1) is 28.7. The zero-order chi connectivity index (χ0) is 40.4. The van der Waals surface area contributed by atoms with Crippen LogP contribution in [0.2, 0.25) is 0 Å². The largest absolute Gasteiger partial charge is 0.416 e. The number of hydrogen-bond donors (Lipinski definition) is 0. The minimum Gasteiger partial charge on any atom is -0.310 e. The topological polar surface area (TPSA) is 36.9 Å². The van der Waals surface area contributed by atoms with Crippen LogP contribution >= 0.6 is 0 Å². The Morgan fingerprint density at radius 1 is 0.475 bits per heavy atom. The molecule has 284 valence electrons. The first-order valence-electron chi connectivity index (χ1n) is 19.4. The Morgan fingerprint density at radius 2 is 1.00 bits per heavy atom. The highest BCUT2D eigenvalue weighted by molar-refractivity contribution is 6.12. The Labute approximate surface area is 338 Å². The molecule has 0 atom stereocenters. The summed E-state index contributed by atoms with van der Waals surface area (Å²) in [5.74, 6) is 0. The maximum absolute atomic E-state index is 14.3. The lowest BCUT2D eigenvalue weighted by atomic mass is 9.95. The molecular weight excluding hydrogens is 738 g/mol. The second-order valence-corrected chi connectivity index (χ2v) is 15.0. The lowest BCUT2D eigenvalue weighted by molar-refractivity contribution is -0.137. The summed E-state index contributed by atoms with van der Waals surface area (Å²) in [6, 6.07) is 59.8.